The van der Waals surface area contributed by atoms with E-state index in [1.807, 2.05) is 36.4 Å². The average Bonchev–Trinajstić information content (AvgIpc) is 2.91. The van der Waals surface area contributed by atoms with Crippen LogP contribution in [0.3, 0.4) is 0 Å². The summed E-state index contributed by atoms with van der Waals surface area (Å²) in [6, 6.07) is 13.0. The summed E-state index contributed by atoms with van der Waals surface area (Å²) >= 11 is 0. The van der Waals surface area contributed by atoms with Gasteiger partial charge in [0.05, 0.1) is 12.8 Å². The van der Waals surface area contributed by atoms with Crippen LogP contribution in [0, 0.1) is 0 Å². The Balaban J connectivity index is 1.92. The van der Waals surface area contributed by atoms with E-state index in [1.165, 1.54) is 7.11 Å². The first-order valence-electron chi connectivity index (χ1n) is 8.15. The molecule has 0 aromatic heterocycles. The lowest BCUT2D eigenvalue weighted by Crippen LogP contribution is -2.24. The highest BCUT2D eigenvalue weighted by Gasteiger charge is 2.29. The number of para-hydroxylation sites is 1. The number of amides is 2. The Labute approximate surface area is 152 Å². The lowest BCUT2D eigenvalue weighted by molar-refractivity contribution is -0.122. The van der Waals surface area contributed by atoms with Crippen LogP contribution in [0.1, 0.15) is 11.1 Å². The van der Waals surface area contributed by atoms with Crippen molar-refractivity contribution in [2.45, 2.75) is 0 Å². The van der Waals surface area contributed by atoms with E-state index in [0.29, 0.717) is 17.1 Å². The molecule has 1 heterocycles. The molecule has 0 bridgehead atoms. The van der Waals surface area contributed by atoms with Crippen molar-refractivity contribution in [3.8, 4) is 11.5 Å². The zero-order valence-electron chi connectivity index (χ0n) is 14.9. The number of nitrogens with zero attached hydrogens (tertiary/aromatic N) is 1. The summed E-state index contributed by atoms with van der Waals surface area (Å²) in [5.41, 5.74) is 3.23. The Morgan fingerprint density at radius 2 is 1.96 bits per heavy atom. The predicted octanol–water partition coefficient (Wildman–Crippen LogP) is 2.34. The third kappa shape index (κ3) is 3.26. The molecule has 2 amide bonds. The fourth-order valence-corrected chi connectivity index (χ4v) is 2.81. The molecule has 0 fully saturated rings. The number of methoxy groups -OCH3 is 1. The number of hydrogen-bond acceptors (Lipinski definition) is 4. The Bertz CT molecular complexity index is 889. The van der Waals surface area contributed by atoms with Crippen molar-refractivity contribution in [3.05, 3.63) is 53.6 Å². The third-order valence-electron chi connectivity index (χ3n) is 4.23. The van der Waals surface area contributed by atoms with Crippen LogP contribution >= 0.6 is 0 Å². The molecule has 2 aromatic carbocycles. The Morgan fingerprint density at radius 1 is 1.19 bits per heavy atom. The lowest BCUT2D eigenvalue weighted by Gasteiger charge is -2.11. The Morgan fingerprint density at radius 3 is 2.69 bits per heavy atom. The SMILES string of the molecule is CNC(=O)COc1ccc(/C=C2\C(=O)N(C)c3ccccc32)cc1OC. The Hall–Kier alpha value is -3.28. The number of hydrogen-bond donors (Lipinski definition) is 1. The van der Waals surface area contributed by atoms with Gasteiger partial charge in [-0.25, -0.2) is 0 Å². The van der Waals surface area contributed by atoms with E-state index < -0.39 is 0 Å². The van der Waals surface area contributed by atoms with Crippen LogP contribution in [0.5, 0.6) is 11.5 Å². The normalized spacial score (nSPS) is 14.3. The van der Waals surface area contributed by atoms with Gasteiger partial charge >= 0.3 is 0 Å². The summed E-state index contributed by atoms with van der Waals surface area (Å²) in [7, 11) is 4.84. The van der Waals surface area contributed by atoms with E-state index in [2.05, 4.69) is 5.32 Å². The monoisotopic (exact) mass is 352 g/mol. The minimum atomic E-state index is -0.227. The molecular formula is C20H20N2O4. The first kappa shape index (κ1) is 17.5. The van der Waals surface area contributed by atoms with Gasteiger partial charge in [-0.15, -0.1) is 0 Å². The maximum atomic E-state index is 12.6. The van der Waals surface area contributed by atoms with Crippen molar-refractivity contribution in [2.75, 3.05) is 32.7 Å². The average molecular weight is 352 g/mol. The van der Waals surface area contributed by atoms with E-state index in [-0.39, 0.29) is 18.4 Å². The van der Waals surface area contributed by atoms with Gasteiger partial charge < -0.3 is 19.7 Å². The van der Waals surface area contributed by atoms with Gasteiger partial charge in [-0.2, -0.15) is 0 Å². The van der Waals surface area contributed by atoms with Gasteiger partial charge in [-0.3, -0.25) is 9.59 Å². The summed E-state index contributed by atoms with van der Waals surface area (Å²) in [4.78, 5) is 25.5. The summed E-state index contributed by atoms with van der Waals surface area (Å²) in [5.74, 6) is 0.684. The smallest absolute Gasteiger partial charge is 0.258 e. The molecule has 1 N–H and O–H groups in total. The maximum absolute atomic E-state index is 12.6. The second kappa shape index (κ2) is 7.31. The van der Waals surface area contributed by atoms with E-state index in [9.17, 15) is 9.59 Å². The molecule has 0 spiro atoms. The zero-order valence-corrected chi connectivity index (χ0v) is 14.9. The van der Waals surface area contributed by atoms with Crippen molar-refractivity contribution in [1.82, 2.24) is 5.32 Å². The number of carbonyl (C=O) groups excluding carboxylic acids is 2. The number of benzene rings is 2. The number of rotatable bonds is 5. The maximum Gasteiger partial charge on any atom is 0.258 e. The van der Waals surface area contributed by atoms with Gasteiger partial charge in [0.15, 0.2) is 18.1 Å². The number of anilines is 1. The van der Waals surface area contributed by atoms with Crippen molar-refractivity contribution in [1.29, 1.82) is 0 Å². The molecule has 1 aliphatic heterocycles. The molecule has 0 unspecified atom stereocenters. The number of likely N-dealkylation sites (N-methyl/N-ethyl adjacent to an activating group) is 2. The molecule has 134 valence electrons. The highest BCUT2D eigenvalue weighted by Crippen LogP contribution is 2.37. The second-order valence-corrected chi connectivity index (χ2v) is 5.81. The van der Waals surface area contributed by atoms with Gasteiger partial charge in [0.25, 0.3) is 11.8 Å². The highest BCUT2D eigenvalue weighted by atomic mass is 16.5. The molecule has 6 nitrogen and oxygen atoms in total. The van der Waals surface area contributed by atoms with E-state index in [1.54, 1.807) is 31.1 Å². The van der Waals surface area contributed by atoms with Gasteiger partial charge in [0.1, 0.15) is 0 Å². The standard InChI is InChI=1S/C20H20N2O4/c1-21-19(23)12-26-17-9-8-13(11-18(17)25-3)10-15-14-6-4-5-7-16(14)22(2)20(15)24/h4-11H,12H2,1-3H3,(H,21,23)/b15-10-. The molecule has 1 aliphatic rings. The van der Waals surface area contributed by atoms with Crippen LogP contribution in [0.15, 0.2) is 42.5 Å². The van der Waals surface area contributed by atoms with Gasteiger partial charge in [0, 0.05) is 25.2 Å². The predicted molar refractivity (Wildman–Crippen MR) is 100 cm³/mol. The first-order chi connectivity index (χ1) is 12.5. The highest BCUT2D eigenvalue weighted by molar-refractivity contribution is 6.35. The van der Waals surface area contributed by atoms with Crippen LogP contribution in [0.2, 0.25) is 0 Å². The largest absolute Gasteiger partial charge is 0.493 e. The molecular weight excluding hydrogens is 332 g/mol. The van der Waals surface area contributed by atoms with Crippen molar-refractivity contribution >= 4 is 29.2 Å². The third-order valence-corrected chi connectivity index (χ3v) is 4.23. The zero-order chi connectivity index (χ0) is 18.7. The fourth-order valence-electron chi connectivity index (χ4n) is 2.81. The molecule has 0 radical (unpaired) electrons. The molecule has 0 aliphatic carbocycles. The molecule has 6 heteroatoms. The van der Waals surface area contributed by atoms with Crippen LogP contribution in [0.25, 0.3) is 11.6 Å². The minimum absolute atomic E-state index is 0.0508. The van der Waals surface area contributed by atoms with Crippen molar-refractivity contribution in [3.63, 3.8) is 0 Å². The molecule has 2 aromatic rings. The van der Waals surface area contributed by atoms with E-state index >= 15 is 0 Å². The van der Waals surface area contributed by atoms with Crippen LogP contribution in [-0.4, -0.2) is 39.6 Å². The Kier molecular flexibility index (Phi) is 4.93. The first-order valence-corrected chi connectivity index (χ1v) is 8.15. The molecule has 0 saturated carbocycles. The molecule has 0 atom stereocenters. The summed E-state index contributed by atoms with van der Waals surface area (Å²) in [6.45, 7) is -0.0933. The minimum Gasteiger partial charge on any atom is -0.493 e. The lowest BCUT2D eigenvalue weighted by atomic mass is 10.0. The summed E-state index contributed by atoms with van der Waals surface area (Å²) in [6.07, 6.45) is 1.83. The van der Waals surface area contributed by atoms with Crippen LogP contribution in [0.4, 0.5) is 5.69 Å². The van der Waals surface area contributed by atoms with Crippen molar-refractivity contribution in [2.24, 2.45) is 0 Å². The van der Waals surface area contributed by atoms with Gasteiger partial charge in [-0.1, -0.05) is 24.3 Å². The van der Waals surface area contributed by atoms with E-state index in [0.717, 1.165) is 16.8 Å². The topological polar surface area (TPSA) is 67.9 Å². The molecule has 3 rings (SSSR count). The van der Waals surface area contributed by atoms with Gasteiger partial charge in [0.2, 0.25) is 0 Å². The second-order valence-electron chi connectivity index (χ2n) is 5.81. The molecule has 26 heavy (non-hydrogen) atoms. The number of fused-ring (bicyclic) bond motifs is 1. The van der Waals surface area contributed by atoms with Crippen molar-refractivity contribution < 1.29 is 19.1 Å². The summed E-state index contributed by atoms with van der Waals surface area (Å²) in [5, 5.41) is 2.49. The fraction of sp³-hybridized carbons (Fsp3) is 0.200. The van der Waals surface area contributed by atoms with E-state index in [4.69, 9.17) is 9.47 Å². The number of ether oxygens (including phenoxy) is 2. The van der Waals surface area contributed by atoms with Gasteiger partial charge in [-0.05, 0) is 29.8 Å². The van der Waals surface area contributed by atoms with Crippen LogP contribution in [-0.2, 0) is 9.59 Å². The summed E-state index contributed by atoms with van der Waals surface area (Å²) < 4.78 is 10.8. The molecule has 0 saturated heterocycles. The number of carbonyl (C=O) groups is 2. The number of nitrogens with one attached hydrogen (secondary N) is 1. The quantitative estimate of drug-likeness (QED) is 0.839. The van der Waals surface area contributed by atoms with Crippen LogP contribution < -0.4 is 19.7 Å².